The van der Waals surface area contributed by atoms with Crippen LogP contribution in [-0.4, -0.2) is 34.4 Å². The van der Waals surface area contributed by atoms with E-state index in [-0.39, 0.29) is 24.8 Å². The van der Waals surface area contributed by atoms with E-state index in [0.29, 0.717) is 25.0 Å². The number of nitrogens with two attached hydrogens (primary N) is 2. The molecule has 8 heteroatoms. The summed E-state index contributed by atoms with van der Waals surface area (Å²) < 4.78 is 12.4. The number of hydrogen-bond donors (Lipinski definition) is 2. The van der Waals surface area contributed by atoms with Crippen molar-refractivity contribution >= 4 is 29.6 Å². The van der Waals surface area contributed by atoms with Crippen molar-refractivity contribution in [3.05, 3.63) is 72.1 Å². The molecule has 31 heavy (non-hydrogen) atoms. The summed E-state index contributed by atoms with van der Waals surface area (Å²) in [5.41, 5.74) is 4.87. The number of benzene rings is 1. The molecule has 6 nitrogen and oxygen atoms in total. The zero-order valence-corrected chi connectivity index (χ0v) is 19.0. The Kier molecular flexibility index (Phi) is 10.5. The Balaban J connectivity index is 0.00000240. The fraction of sp³-hybridized carbons (Fsp3) is 0.174. The molecule has 0 amide bonds. The Morgan fingerprint density at radius 3 is 1.97 bits per heavy atom. The lowest BCUT2D eigenvalue weighted by Crippen LogP contribution is -3.00. The molecule has 164 valence electrons. The average molecular weight is 461 g/mol. The van der Waals surface area contributed by atoms with Gasteiger partial charge in [-0.25, -0.2) is 15.8 Å². The third-order valence-electron chi connectivity index (χ3n) is 4.18. The third kappa shape index (κ3) is 7.27. The molecule has 0 saturated carbocycles. The Hall–Kier alpha value is -3.09. The van der Waals surface area contributed by atoms with Crippen molar-refractivity contribution in [2.24, 2.45) is 0 Å². The van der Waals surface area contributed by atoms with E-state index in [0.717, 1.165) is 28.0 Å². The van der Waals surface area contributed by atoms with Crippen LogP contribution in [0.3, 0.4) is 0 Å². The molecule has 0 aliphatic heterocycles. The second kappa shape index (κ2) is 12.6. The molecule has 1 aromatic carbocycles. The molecule has 0 unspecified atom stereocenters. The summed E-state index contributed by atoms with van der Waals surface area (Å²) in [6.45, 7) is 4.90. The molecule has 0 bridgehead atoms. The van der Waals surface area contributed by atoms with Crippen LogP contribution in [0.2, 0.25) is 0 Å². The number of pyridine rings is 1. The molecule has 0 fully saturated rings. The Morgan fingerprint density at radius 1 is 0.839 bits per heavy atom. The predicted molar refractivity (Wildman–Crippen MR) is 116 cm³/mol. The van der Waals surface area contributed by atoms with Gasteiger partial charge in [-0.05, 0) is 49.3 Å². The first-order valence-corrected chi connectivity index (χ1v) is 9.55. The first-order chi connectivity index (χ1) is 14.1. The van der Waals surface area contributed by atoms with Gasteiger partial charge in [-0.1, -0.05) is 24.3 Å². The largest absolute Gasteiger partial charge is 1.00 e. The highest BCUT2D eigenvalue weighted by Crippen LogP contribution is 2.21. The summed E-state index contributed by atoms with van der Waals surface area (Å²) in [6.07, 6.45) is 11.4. The summed E-state index contributed by atoms with van der Waals surface area (Å²) >= 11 is 0. The fourth-order valence-corrected chi connectivity index (χ4v) is 2.80. The minimum Gasteiger partial charge on any atom is -1.00 e. The SMILES string of the molecule is CCOC(=[NH2+])/C=C/c1ccc(-c2cn3cc(/C=C/C(=[NH2+])OCC)ccc3n2)cc1.[Cl-].[Cl-]. The lowest BCUT2D eigenvalue weighted by atomic mass is 10.1. The second-order valence-electron chi connectivity index (χ2n) is 6.31. The zero-order valence-electron chi connectivity index (χ0n) is 17.5. The maximum Gasteiger partial charge on any atom is 0.359 e. The van der Waals surface area contributed by atoms with E-state index in [1.807, 2.05) is 79.2 Å². The minimum absolute atomic E-state index is 0. The number of fused-ring (bicyclic) bond motifs is 1. The van der Waals surface area contributed by atoms with Crippen molar-refractivity contribution in [3.8, 4) is 11.3 Å². The first-order valence-electron chi connectivity index (χ1n) is 9.55. The topological polar surface area (TPSA) is 86.9 Å². The van der Waals surface area contributed by atoms with Crippen molar-refractivity contribution in [1.29, 1.82) is 0 Å². The molecule has 0 aliphatic carbocycles. The maximum absolute atomic E-state index is 5.76. The first kappa shape index (κ1) is 25.9. The van der Waals surface area contributed by atoms with E-state index in [1.54, 1.807) is 12.2 Å². The summed E-state index contributed by atoms with van der Waals surface area (Å²) in [5.74, 6) is 0.802. The van der Waals surface area contributed by atoms with Gasteiger partial charge in [0.05, 0.1) is 31.1 Å². The van der Waals surface area contributed by atoms with E-state index in [4.69, 9.17) is 25.3 Å². The van der Waals surface area contributed by atoms with Crippen LogP contribution in [0.1, 0.15) is 25.0 Å². The van der Waals surface area contributed by atoms with Gasteiger partial charge >= 0.3 is 11.8 Å². The van der Waals surface area contributed by atoms with Gasteiger partial charge in [0.1, 0.15) is 5.65 Å². The van der Waals surface area contributed by atoms with Gasteiger partial charge in [-0.3, -0.25) is 0 Å². The molecule has 3 rings (SSSR count). The second-order valence-corrected chi connectivity index (χ2v) is 6.31. The molecule has 0 aliphatic rings. The van der Waals surface area contributed by atoms with E-state index < -0.39 is 0 Å². The monoisotopic (exact) mass is 460 g/mol. The molecular weight excluding hydrogens is 435 g/mol. The summed E-state index contributed by atoms with van der Waals surface area (Å²) in [7, 11) is 0. The molecule has 3 aromatic rings. The van der Waals surface area contributed by atoms with E-state index >= 15 is 0 Å². The highest BCUT2D eigenvalue weighted by Gasteiger charge is 2.05. The van der Waals surface area contributed by atoms with Crippen LogP contribution < -0.4 is 35.6 Å². The molecule has 2 aromatic heterocycles. The van der Waals surface area contributed by atoms with Gasteiger partial charge in [0.2, 0.25) is 0 Å². The number of aromatic nitrogens is 2. The van der Waals surface area contributed by atoms with Crippen molar-refractivity contribution in [2.45, 2.75) is 13.8 Å². The predicted octanol–water partition coefficient (Wildman–Crippen LogP) is -4.58. The molecule has 0 atom stereocenters. The number of ether oxygens (including phenoxy) is 2. The van der Waals surface area contributed by atoms with Gasteiger partial charge < -0.3 is 38.7 Å². The summed E-state index contributed by atoms with van der Waals surface area (Å²) in [4.78, 5) is 4.70. The standard InChI is InChI=1S/C23H24N4O2.2ClH/c1-3-28-21(24)12-7-17-5-10-19(11-6-17)20-16-27-15-18(9-14-23(27)26-20)8-13-22(25)29-4-2;;/h5-16,24-25H,3-4H2,1-2H3;2*1H/b12-7+,13-8+,24-21?,25-22?;;. The third-order valence-corrected chi connectivity index (χ3v) is 4.18. The average Bonchev–Trinajstić information content (AvgIpc) is 3.15. The van der Waals surface area contributed by atoms with Crippen LogP contribution in [0.15, 0.2) is 60.9 Å². The Morgan fingerprint density at radius 2 is 1.39 bits per heavy atom. The van der Waals surface area contributed by atoms with Crippen LogP contribution in [0.5, 0.6) is 0 Å². The van der Waals surface area contributed by atoms with Crippen LogP contribution in [-0.2, 0) is 9.47 Å². The van der Waals surface area contributed by atoms with E-state index in [2.05, 4.69) is 0 Å². The van der Waals surface area contributed by atoms with Crippen molar-refractivity contribution in [1.82, 2.24) is 9.38 Å². The van der Waals surface area contributed by atoms with Crippen molar-refractivity contribution < 1.29 is 45.1 Å². The fourth-order valence-electron chi connectivity index (χ4n) is 2.80. The summed E-state index contributed by atoms with van der Waals surface area (Å²) in [6, 6.07) is 12.1. The highest BCUT2D eigenvalue weighted by atomic mass is 35.5. The lowest BCUT2D eigenvalue weighted by Gasteiger charge is -1.98. The summed E-state index contributed by atoms with van der Waals surface area (Å²) in [5, 5.41) is 11.5. The van der Waals surface area contributed by atoms with Crippen molar-refractivity contribution in [3.63, 3.8) is 0 Å². The minimum atomic E-state index is 0. The number of hydrogen-bond acceptors (Lipinski definition) is 3. The zero-order chi connectivity index (χ0) is 20.6. The van der Waals surface area contributed by atoms with Crippen LogP contribution in [0.25, 0.3) is 29.1 Å². The van der Waals surface area contributed by atoms with Gasteiger partial charge in [-0.2, -0.15) is 0 Å². The van der Waals surface area contributed by atoms with Crippen molar-refractivity contribution in [2.75, 3.05) is 13.2 Å². The lowest BCUT2D eigenvalue weighted by molar-refractivity contribution is -0.138. The number of imidazole rings is 1. The quantitative estimate of drug-likeness (QED) is 0.275. The molecule has 0 saturated heterocycles. The molecule has 2 heterocycles. The van der Waals surface area contributed by atoms with Crippen LogP contribution >= 0.6 is 0 Å². The van der Waals surface area contributed by atoms with Gasteiger partial charge in [-0.15, -0.1) is 0 Å². The van der Waals surface area contributed by atoms with Crippen LogP contribution in [0, 0.1) is 0 Å². The molecule has 0 radical (unpaired) electrons. The normalized spacial score (nSPS) is 10.6. The van der Waals surface area contributed by atoms with Gasteiger partial charge in [0.25, 0.3) is 0 Å². The number of nitrogens with zero attached hydrogens (tertiary/aromatic N) is 2. The van der Waals surface area contributed by atoms with Gasteiger partial charge in [0, 0.05) is 18.0 Å². The molecular formula is C23H26Cl2N4O2. The molecule has 0 spiro atoms. The Labute approximate surface area is 194 Å². The van der Waals surface area contributed by atoms with E-state index in [1.165, 1.54) is 0 Å². The maximum atomic E-state index is 5.76. The smallest absolute Gasteiger partial charge is 0.359 e. The Bertz CT molecular complexity index is 1070. The van der Waals surface area contributed by atoms with Crippen LogP contribution in [0.4, 0.5) is 0 Å². The van der Waals surface area contributed by atoms with E-state index in [9.17, 15) is 0 Å². The van der Waals surface area contributed by atoms with Gasteiger partial charge in [0.15, 0.2) is 0 Å². The number of halogens is 2. The number of rotatable bonds is 7. The molecule has 4 N–H and O–H groups in total. The highest BCUT2D eigenvalue weighted by molar-refractivity contribution is 5.87.